The number of pyridine rings is 2. The van der Waals surface area contributed by atoms with Crippen LogP contribution < -0.4 is 14.8 Å². The van der Waals surface area contributed by atoms with Crippen molar-refractivity contribution in [3.8, 4) is 17.4 Å². The molecule has 0 atom stereocenters. The van der Waals surface area contributed by atoms with Gasteiger partial charge in [0.05, 0.1) is 19.0 Å². The zero-order chi connectivity index (χ0) is 15.9. The van der Waals surface area contributed by atoms with Gasteiger partial charge in [-0.1, -0.05) is 12.1 Å². The van der Waals surface area contributed by atoms with Crippen LogP contribution in [0.3, 0.4) is 0 Å². The average molecular weight is 307 g/mol. The first-order chi connectivity index (χ1) is 11.3. The van der Waals surface area contributed by atoms with Crippen molar-refractivity contribution in [1.29, 1.82) is 0 Å². The van der Waals surface area contributed by atoms with Crippen LogP contribution in [0.2, 0.25) is 0 Å². The topological polar surface area (TPSA) is 56.3 Å². The summed E-state index contributed by atoms with van der Waals surface area (Å²) < 4.78 is 10.9. The van der Waals surface area contributed by atoms with Crippen LogP contribution in [-0.2, 0) is 6.54 Å². The maximum Gasteiger partial charge on any atom is 0.219 e. The molecule has 0 aliphatic carbocycles. The lowest BCUT2D eigenvalue weighted by Gasteiger charge is -2.08. The third kappa shape index (κ3) is 4.20. The molecule has 5 heteroatoms. The Morgan fingerprint density at radius 1 is 1.00 bits per heavy atom. The quantitative estimate of drug-likeness (QED) is 0.748. The van der Waals surface area contributed by atoms with Gasteiger partial charge in [-0.15, -0.1) is 0 Å². The van der Waals surface area contributed by atoms with Crippen LogP contribution >= 0.6 is 0 Å². The Kier molecular flexibility index (Phi) is 4.69. The summed E-state index contributed by atoms with van der Waals surface area (Å²) in [7, 11) is 1.63. The van der Waals surface area contributed by atoms with E-state index in [1.54, 1.807) is 19.5 Å². The molecule has 0 fully saturated rings. The fraction of sp³-hybridized carbons (Fsp3) is 0.111. The monoisotopic (exact) mass is 307 g/mol. The Morgan fingerprint density at radius 2 is 1.91 bits per heavy atom. The van der Waals surface area contributed by atoms with Gasteiger partial charge in [-0.2, -0.15) is 0 Å². The summed E-state index contributed by atoms with van der Waals surface area (Å²) >= 11 is 0. The summed E-state index contributed by atoms with van der Waals surface area (Å²) in [5.41, 5.74) is 2.04. The molecule has 0 spiro atoms. The van der Waals surface area contributed by atoms with E-state index in [-0.39, 0.29) is 0 Å². The standard InChI is InChI=1S/C18H17N3O2/c1-22-16-5-2-6-17(10-16)23-18-8-7-15(13-21-18)20-12-14-4-3-9-19-11-14/h2-11,13,20H,12H2,1H3. The van der Waals surface area contributed by atoms with Gasteiger partial charge in [-0.3, -0.25) is 4.98 Å². The first-order valence-electron chi connectivity index (χ1n) is 7.24. The molecular weight excluding hydrogens is 290 g/mol. The fourth-order valence-electron chi connectivity index (χ4n) is 2.04. The van der Waals surface area contributed by atoms with Crippen molar-refractivity contribution in [2.24, 2.45) is 0 Å². The number of nitrogens with zero attached hydrogens (tertiary/aromatic N) is 2. The highest BCUT2D eigenvalue weighted by Crippen LogP contribution is 2.24. The number of hydrogen-bond donors (Lipinski definition) is 1. The lowest BCUT2D eigenvalue weighted by Crippen LogP contribution is -2.00. The number of methoxy groups -OCH3 is 1. The molecule has 0 unspecified atom stereocenters. The van der Waals surface area contributed by atoms with Gasteiger partial charge in [0.2, 0.25) is 5.88 Å². The van der Waals surface area contributed by atoms with Crippen molar-refractivity contribution in [3.05, 3.63) is 72.7 Å². The highest BCUT2D eigenvalue weighted by atomic mass is 16.5. The van der Waals surface area contributed by atoms with Gasteiger partial charge in [0.15, 0.2) is 0 Å². The number of nitrogens with one attached hydrogen (secondary N) is 1. The van der Waals surface area contributed by atoms with Gasteiger partial charge < -0.3 is 14.8 Å². The minimum absolute atomic E-state index is 0.533. The molecular formula is C18H17N3O2. The second kappa shape index (κ2) is 7.26. The number of aromatic nitrogens is 2. The second-order valence-corrected chi connectivity index (χ2v) is 4.88. The van der Waals surface area contributed by atoms with E-state index in [0.29, 0.717) is 18.2 Å². The van der Waals surface area contributed by atoms with Crippen LogP contribution in [0.4, 0.5) is 5.69 Å². The molecule has 1 aromatic carbocycles. The summed E-state index contributed by atoms with van der Waals surface area (Å²) in [5.74, 6) is 1.97. The molecule has 3 aromatic rings. The molecule has 116 valence electrons. The molecule has 0 saturated heterocycles. The van der Waals surface area contributed by atoms with Crippen molar-refractivity contribution in [3.63, 3.8) is 0 Å². The Hall–Kier alpha value is -3.08. The molecule has 3 rings (SSSR count). The van der Waals surface area contributed by atoms with E-state index in [1.807, 2.05) is 54.7 Å². The molecule has 0 saturated carbocycles. The zero-order valence-corrected chi connectivity index (χ0v) is 12.8. The number of anilines is 1. The smallest absolute Gasteiger partial charge is 0.219 e. The predicted molar refractivity (Wildman–Crippen MR) is 88.9 cm³/mol. The Balaban J connectivity index is 1.60. The predicted octanol–water partition coefficient (Wildman–Crippen LogP) is 3.89. The first kappa shape index (κ1) is 14.8. The minimum atomic E-state index is 0.533. The Morgan fingerprint density at radius 3 is 2.65 bits per heavy atom. The second-order valence-electron chi connectivity index (χ2n) is 4.88. The largest absolute Gasteiger partial charge is 0.497 e. The van der Waals surface area contributed by atoms with Crippen LogP contribution in [0.25, 0.3) is 0 Å². The highest BCUT2D eigenvalue weighted by Gasteiger charge is 2.01. The van der Waals surface area contributed by atoms with Crippen molar-refractivity contribution < 1.29 is 9.47 Å². The molecule has 23 heavy (non-hydrogen) atoms. The molecule has 0 amide bonds. The zero-order valence-electron chi connectivity index (χ0n) is 12.8. The van der Waals surface area contributed by atoms with Gasteiger partial charge in [0.25, 0.3) is 0 Å². The summed E-state index contributed by atoms with van der Waals surface area (Å²) in [6, 6.07) is 15.1. The summed E-state index contributed by atoms with van der Waals surface area (Å²) in [6.45, 7) is 0.700. The van der Waals surface area contributed by atoms with Crippen molar-refractivity contribution >= 4 is 5.69 Å². The van der Waals surface area contributed by atoms with Crippen LogP contribution in [-0.4, -0.2) is 17.1 Å². The minimum Gasteiger partial charge on any atom is -0.497 e. The lowest BCUT2D eigenvalue weighted by molar-refractivity contribution is 0.407. The van der Waals surface area contributed by atoms with Crippen molar-refractivity contribution in [1.82, 2.24) is 9.97 Å². The van der Waals surface area contributed by atoms with E-state index in [0.717, 1.165) is 17.0 Å². The molecule has 0 bridgehead atoms. The number of hydrogen-bond acceptors (Lipinski definition) is 5. The molecule has 0 radical (unpaired) electrons. The van der Waals surface area contributed by atoms with E-state index >= 15 is 0 Å². The van der Waals surface area contributed by atoms with Crippen molar-refractivity contribution in [2.75, 3.05) is 12.4 Å². The third-order valence-electron chi connectivity index (χ3n) is 3.22. The lowest BCUT2D eigenvalue weighted by atomic mass is 10.3. The van der Waals surface area contributed by atoms with Gasteiger partial charge in [0.1, 0.15) is 11.5 Å². The summed E-state index contributed by atoms with van der Waals surface area (Å²) in [6.07, 6.45) is 5.34. The molecule has 5 nitrogen and oxygen atoms in total. The molecule has 2 heterocycles. The summed E-state index contributed by atoms with van der Waals surface area (Å²) in [5, 5.41) is 3.29. The van der Waals surface area contributed by atoms with Crippen LogP contribution in [0.5, 0.6) is 17.4 Å². The highest BCUT2D eigenvalue weighted by molar-refractivity contribution is 5.43. The maximum absolute atomic E-state index is 5.71. The van der Waals surface area contributed by atoms with Gasteiger partial charge in [-0.05, 0) is 29.8 Å². The van der Waals surface area contributed by atoms with Crippen LogP contribution in [0.15, 0.2) is 67.1 Å². The van der Waals surface area contributed by atoms with Gasteiger partial charge >= 0.3 is 0 Å². The average Bonchev–Trinajstić information content (AvgIpc) is 2.62. The first-order valence-corrected chi connectivity index (χ1v) is 7.24. The molecule has 2 aromatic heterocycles. The van der Waals surface area contributed by atoms with E-state index in [4.69, 9.17) is 9.47 Å². The number of benzene rings is 1. The SMILES string of the molecule is COc1cccc(Oc2ccc(NCc3cccnc3)cn2)c1. The third-order valence-corrected chi connectivity index (χ3v) is 3.22. The molecule has 0 aliphatic rings. The number of rotatable bonds is 6. The fourth-order valence-corrected chi connectivity index (χ4v) is 2.04. The van der Waals surface area contributed by atoms with E-state index < -0.39 is 0 Å². The van der Waals surface area contributed by atoms with Crippen molar-refractivity contribution in [2.45, 2.75) is 6.54 Å². The van der Waals surface area contributed by atoms with Crippen LogP contribution in [0, 0.1) is 0 Å². The number of ether oxygens (including phenoxy) is 2. The molecule has 1 N–H and O–H groups in total. The van der Waals surface area contributed by atoms with Gasteiger partial charge in [0, 0.05) is 31.1 Å². The normalized spacial score (nSPS) is 10.1. The molecule has 0 aliphatic heterocycles. The van der Waals surface area contributed by atoms with E-state index in [9.17, 15) is 0 Å². The Bertz CT molecular complexity index is 746. The van der Waals surface area contributed by atoms with E-state index in [2.05, 4.69) is 15.3 Å². The van der Waals surface area contributed by atoms with Gasteiger partial charge in [-0.25, -0.2) is 4.98 Å². The maximum atomic E-state index is 5.71. The van der Waals surface area contributed by atoms with E-state index in [1.165, 1.54) is 0 Å². The Labute approximate surface area is 134 Å². The van der Waals surface area contributed by atoms with Crippen LogP contribution in [0.1, 0.15) is 5.56 Å². The summed E-state index contributed by atoms with van der Waals surface area (Å²) in [4.78, 5) is 8.39.